The van der Waals surface area contributed by atoms with Gasteiger partial charge in [0.15, 0.2) is 16.7 Å². The van der Waals surface area contributed by atoms with Crippen LogP contribution in [0.3, 0.4) is 0 Å². The summed E-state index contributed by atoms with van der Waals surface area (Å²) in [4.78, 5) is 0. The molecule has 0 saturated carbocycles. The molecule has 0 aliphatic heterocycles. The van der Waals surface area contributed by atoms with Gasteiger partial charge in [-0.1, -0.05) is 35.5 Å². The van der Waals surface area contributed by atoms with Crippen molar-refractivity contribution in [2.75, 3.05) is 0 Å². The van der Waals surface area contributed by atoms with Gasteiger partial charge in [-0.3, -0.25) is 0 Å². The van der Waals surface area contributed by atoms with Crippen LogP contribution in [-0.4, -0.2) is 25.0 Å². The van der Waals surface area contributed by atoms with Gasteiger partial charge < -0.3 is 18.1 Å². The highest BCUT2D eigenvalue weighted by molar-refractivity contribution is 7.98. The van der Waals surface area contributed by atoms with Crippen LogP contribution in [-0.2, 0) is 19.4 Å². The maximum absolute atomic E-state index is 6.09. The second-order valence-corrected chi connectivity index (χ2v) is 6.79. The van der Waals surface area contributed by atoms with Crippen LogP contribution < -0.4 is 4.74 Å². The van der Waals surface area contributed by atoms with Crippen LogP contribution in [0, 0.1) is 0 Å². The van der Waals surface area contributed by atoms with E-state index in [-0.39, 0.29) is 6.61 Å². The second-order valence-electron chi connectivity index (χ2n) is 5.44. The molecule has 0 aliphatic carbocycles. The van der Waals surface area contributed by atoms with Gasteiger partial charge in [0.2, 0.25) is 5.89 Å². The van der Waals surface area contributed by atoms with Gasteiger partial charge in [-0.15, -0.1) is 20.4 Å². The first-order chi connectivity index (χ1) is 13.2. The normalized spacial score (nSPS) is 11.0. The smallest absolute Gasteiger partial charge is 0.283 e. The molecular formula is C17H14ClN5O3S. The molecule has 0 atom stereocenters. The number of nitrogens with zero attached hydrogens (tertiary/aromatic N) is 5. The maximum atomic E-state index is 6.09. The third-order valence-corrected chi connectivity index (χ3v) is 4.96. The van der Waals surface area contributed by atoms with E-state index in [1.165, 1.54) is 11.8 Å². The first-order valence-corrected chi connectivity index (χ1v) is 9.31. The summed E-state index contributed by atoms with van der Waals surface area (Å²) >= 11 is 7.53. The highest BCUT2D eigenvalue weighted by Crippen LogP contribution is 2.26. The fraction of sp³-hybridized carbons (Fsp3) is 0.176. The van der Waals surface area contributed by atoms with E-state index in [1.807, 2.05) is 23.7 Å². The largest absolute Gasteiger partial charge is 0.484 e. The van der Waals surface area contributed by atoms with Crippen molar-refractivity contribution in [1.82, 2.24) is 25.0 Å². The lowest BCUT2D eigenvalue weighted by Gasteiger charge is -2.07. The van der Waals surface area contributed by atoms with Crippen molar-refractivity contribution >= 4 is 23.4 Å². The fourth-order valence-electron chi connectivity index (χ4n) is 2.24. The Hall–Kier alpha value is -2.78. The monoisotopic (exact) mass is 403 g/mol. The van der Waals surface area contributed by atoms with Crippen molar-refractivity contribution in [3.63, 3.8) is 0 Å². The molecule has 1 aromatic carbocycles. The third kappa shape index (κ3) is 3.99. The molecule has 27 heavy (non-hydrogen) atoms. The third-order valence-electron chi connectivity index (χ3n) is 3.64. The summed E-state index contributed by atoms with van der Waals surface area (Å²) in [6, 6.07) is 10.8. The minimum Gasteiger partial charge on any atom is -0.484 e. The molecule has 138 valence electrons. The van der Waals surface area contributed by atoms with Crippen LogP contribution in [0.2, 0.25) is 5.02 Å². The minimum atomic E-state index is 0.261. The van der Waals surface area contributed by atoms with Crippen molar-refractivity contribution < 1.29 is 13.6 Å². The molecule has 3 aromatic heterocycles. The lowest BCUT2D eigenvalue weighted by Crippen LogP contribution is -2.04. The summed E-state index contributed by atoms with van der Waals surface area (Å²) < 4.78 is 18.4. The molecular weight excluding hydrogens is 390 g/mol. The zero-order valence-electron chi connectivity index (χ0n) is 14.2. The summed E-state index contributed by atoms with van der Waals surface area (Å²) in [6.45, 7) is 0.261. The van der Waals surface area contributed by atoms with Crippen molar-refractivity contribution in [2.24, 2.45) is 7.05 Å². The molecule has 8 nitrogen and oxygen atoms in total. The van der Waals surface area contributed by atoms with E-state index in [0.717, 1.165) is 0 Å². The van der Waals surface area contributed by atoms with Crippen LogP contribution >= 0.6 is 23.4 Å². The molecule has 0 amide bonds. The quantitative estimate of drug-likeness (QED) is 0.428. The molecule has 0 saturated heterocycles. The zero-order chi connectivity index (χ0) is 18.6. The standard InChI is InChI=1S/C17H14ClN5O3S/c1-23-14(9-25-12-6-3-2-5-11(12)18)19-22-17(23)27-10-15-20-21-16(26-15)13-7-4-8-24-13/h2-8H,9-10H2,1H3. The molecule has 3 heterocycles. The van der Waals surface area contributed by atoms with Gasteiger partial charge in [0.1, 0.15) is 12.4 Å². The Bertz CT molecular complexity index is 1030. The van der Waals surface area contributed by atoms with E-state index in [2.05, 4.69) is 20.4 Å². The van der Waals surface area contributed by atoms with Crippen LogP contribution in [0.4, 0.5) is 0 Å². The lowest BCUT2D eigenvalue weighted by atomic mass is 10.3. The van der Waals surface area contributed by atoms with Gasteiger partial charge in [0.25, 0.3) is 5.89 Å². The number of hydrogen-bond donors (Lipinski definition) is 0. The zero-order valence-corrected chi connectivity index (χ0v) is 15.8. The highest BCUT2D eigenvalue weighted by Gasteiger charge is 2.14. The Kier molecular flexibility index (Phi) is 5.12. The summed E-state index contributed by atoms with van der Waals surface area (Å²) in [6.07, 6.45) is 1.56. The van der Waals surface area contributed by atoms with Crippen LogP contribution in [0.1, 0.15) is 11.7 Å². The van der Waals surface area contributed by atoms with Gasteiger partial charge in [-0.25, -0.2) is 0 Å². The van der Waals surface area contributed by atoms with Gasteiger partial charge in [0.05, 0.1) is 17.0 Å². The molecule has 10 heteroatoms. The molecule has 0 N–H and O–H groups in total. The van der Waals surface area contributed by atoms with Crippen molar-refractivity contribution in [1.29, 1.82) is 0 Å². The fourth-order valence-corrected chi connectivity index (χ4v) is 3.20. The van der Waals surface area contributed by atoms with E-state index >= 15 is 0 Å². The van der Waals surface area contributed by atoms with Crippen LogP contribution in [0.15, 0.2) is 56.7 Å². The Balaban J connectivity index is 1.37. The van der Waals surface area contributed by atoms with Gasteiger partial charge >= 0.3 is 0 Å². The number of rotatable bonds is 7. The average Bonchev–Trinajstić information content (AvgIpc) is 3.41. The number of aromatic nitrogens is 5. The van der Waals surface area contributed by atoms with E-state index < -0.39 is 0 Å². The maximum Gasteiger partial charge on any atom is 0.283 e. The molecule has 0 radical (unpaired) electrons. The van der Waals surface area contributed by atoms with E-state index in [9.17, 15) is 0 Å². The summed E-state index contributed by atoms with van der Waals surface area (Å²) in [5, 5.41) is 17.6. The van der Waals surface area contributed by atoms with Gasteiger partial charge in [-0.2, -0.15) is 0 Å². The molecule has 0 aliphatic rings. The SMILES string of the molecule is Cn1c(COc2ccccc2Cl)nnc1SCc1nnc(-c2ccco2)o1. The van der Waals surface area contributed by atoms with Gasteiger partial charge in [-0.05, 0) is 24.3 Å². The number of halogens is 1. The highest BCUT2D eigenvalue weighted by atomic mass is 35.5. The van der Waals surface area contributed by atoms with Crippen molar-refractivity contribution in [3.8, 4) is 17.4 Å². The number of para-hydroxylation sites is 1. The van der Waals surface area contributed by atoms with Crippen LogP contribution in [0.5, 0.6) is 5.75 Å². The molecule has 0 unspecified atom stereocenters. The summed E-state index contributed by atoms with van der Waals surface area (Å²) in [5.41, 5.74) is 0. The summed E-state index contributed by atoms with van der Waals surface area (Å²) in [5.74, 6) is 3.11. The second kappa shape index (κ2) is 7.85. The Morgan fingerprint density at radius 1 is 1.11 bits per heavy atom. The molecule has 0 bridgehead atoms. The van der Waals surface area contributed by atoms with E-state index in [4.69, 9.17) is 25.2 Å². The van der Waals surface area contributed by atoms with Gasteiger partial charge in [0, 0.05) is 7.05 Å². The lowest BCUT2D eigenvalue weighted by molar-refractivity contribution is 0.290. The Morgan fingerprint density at radius 3 is 2.81 bits per heavy atom. The topological polar surface area (TPSA) is 92.0 Å². The molecule has 4 rings (SSSR count). The number of furan rings is 1. The Labute approximate surface area is 163 Å². The Morgan fingerprint density at radius 2 is 2.00 bits per heavy atom. The number of benzene rings is 1. The predicted octanol–water partition coefficient (Wildman–Crippen LogP) is 3.98. The predicted molar refractivity (Wildman–Crippen MR) is 98.3 cm³/mol. The van der Waals surface area contributed by atoms with E-state index in [1.54, 1.807) is 30.5 Å². The molecule has 0 fully saturated rings. The van der Waals surface area contributed by atoms with Crippen molar-refractivity contribution in [2.45, 2.75) is 17.5 Å². The molecule has 4 aromatic rings. The first kappa shape index (κ1) is 17.6. The summed E-state index contributed by atoms with van der Waals surface area (Å²) in [7, 11) is 1.87. The average molecular weight is 404 g/mol. The number of hydrogen-bond acceptors (Lipinski definition) is 8. The molecule has 0 spiro atoms. The van der Waals surface area contributed by atoms with Crippen LogP contribution in [0.25, 0.3) is 11.7 Å². The van der Waals surface area contributed by atoms with Crippen molar-refractivity contribution in [3.05, 3.63) is 59.4 Å². The minimum absolute atomic E-state index is 0.261. The first-order valence-electron chi connectivity index (χ1n) is 7.95. The number of ether oxygens (including phenoxy) is 1. The number of thioether (sulfide) groups is 1. The van der Waals surface area contributed by atoms with E-state index in [0.29, 0.717) is 45.0 Å².